The van der Waals surface area contributed by atoms with Crippen molar-refractivity contribution >= 4 is 31.9 Å². The summed E-state index contributed by atoms with van der Waals surface area (Å²) >= 11 is 7.13. The van der Waals surface area contributed by atoms with Crippen molar-refractivity contribution in [2.45, 2.75) is 45.7 Å². The summed E-state index contributed by atoms with van der Waals surface area (Å²) in [7, 11) is 0. The van der Waals surface area contributed by atoms with E-state index < -0.39 is 0 Å². The van der Waals surface area contributed by atoms with Crippen molar-refractivity contribution in [2.24, 2.45) is 5.92 Å². The SMILES string of the molecule is CCOc1c(Br)cc(Br)cc1CNC1CCCC1C. The van der Waals surface area contributed by atoms with Crippen molar-refractivity contribution in [3.63, 3.8) is 0 Å². The molecule has 106 valence electrons. The first kappa shape index (κ1) is 15.3. The van der Waals surface area contributed by atoms with Crippen molar-refractivity contribution < 1.29 is 4.74 Å². The summed E-state index contributed by atoms with van der Waals surface area (Å²) in [6.45, 7) is 5.91. The standard InChI is InChI=1S/C15H21Br2NO/c1-3-19-15-11(7-12(16)8-13(15)17)9-18-14-6-4-5-10(14)2/h7-8,10,14,18H,3-6,9H2,1-2H3. The average Bonchev–Trinajstić information content (AvgIpc) is 2.76. The second-order valence-corrected chi connectivity index (χ2v) is 6.97. The molecule has 2 nitrogen and oxygen atoms in total. The second-order valence-electron chi connectivity index (χ2n) is 5.20. The van der Waals surface area contributed by atoms with Crippen molar-refractivity contribution in [1.29, 1.82) is 0 Å². The summed E-state index contributed by atoms with van der Waals surface area (Å²) in [5, 5.41) is 3.68. The number of benzene rings is 1. The van der Waals surface area contributed by atoms with Gasteiger partial charge < -0.3 is 10.1 Å². The minimum atomic E-state index is 0.646. The number of halogens is 2. The molecule has 2 unspecified atom stereocenters. The van der Waals surface area contributed by atoms with Crippen LogP contribution >= 0.6 is 31.9 Å². The van der Waals surface area contributed by atoms with Crippen LogP contribution in [0.2, 0.25) is 0 Å². The van der Waals surface area contributed by atoms with Gasteiger partial charge in [-0.25, -0.2) is 0 Å². The zero-order valence-electron chi connectivity index (χ0n) is 11.5. The van der Waals surface area contributed by atoms with Crippen molar-refractivity contribution in [3.05, 3.63) is 26.6 Å². The molecule has 1 saturated carbocycles. The Hall–Kier alpha value is -0.0600. The molecule has 0 heterocycles. The van der Waals surface area contributed by atoms with Gasteiger partial charge in [0.25, 0.3) is 0 Å². The Morgan fingerprint density at radius 2 is 2.11 bits per heavy atom. The lowest BCUT2D eigenvalue weighted by molar-refractivity contribution is 0.331. The van der Waals surface area contributed by atoms with E-state index >= 15 is 0 Å². The predicted octanol–water partition coefficient (Wildman–Crippen LogP) is 4.89. The number of hydrogen-bond donors (Lipinski definition) is 1. The van der Waals surface area contributed by atoms with Crippen LogP contribution in [0.1, 0.15) is 38.7 Å². The van der Waals surface area contributed by atoms with Gasteiger partial charge in [-0.1, -0.05) is 29.3 Å². The maximum atomic E-state index is 5.76. The highest BCUT2D eigenvalue weighted by Gasteiger charge is 2.23. The van der Waals surface area contributed by atoms with E-state index in [2.05, 4.69) is 50.2 Å². The summed E-state index contributed by atoms with van der Waals surface area (Å²) in [6, 6.07) is 4.82. The smallest absolute Gasteiger partial charge is 0.138 e. The van der Waals surface area contributed by atoms with Gasteiger partial charge in [-0.05, 0) is 53.7 Å². The molecule has 0 bridgehead atoms. The number of nitrogens with one attached hydrogen (secondary N) is 1. The minimum Gasteiger partial charge on any atom is -0.492 e. The van der Waals surface area contributed by atoms with E-state index in [-0.39, 0.29) is 0 Å². The summed E-state index contributed by atoms with van der Waals surface area (Å²) in [4.78, 5) is 0. The van der Waals surface area contributed by atoms with Crippen LogP contribution in [0.5, 0.6) is 5.75 Å². The molecular formula is C15H21Br2NO. The van der Waals surface area contributed by atoms with Crippen LogP contribution in [-0.2, 0) is 6.54 Å². The van der Waals surface area contributed by atoms with Gasteiger partial charge in [-0.15, -0.1) is 0 Å². The molecule has 1 aromatic carbocycles. The molecule has 0 radical (unpaired) electrons. The Morgan fingerprint density at radius 3 is 2.74 bits per heavy atom. The predicted molar refractivity (Wildman–Crippen MR) is 86.7 cm³/mol. The van der Waals surface area contributed by atoms with Crippen LogP contribution < -0.4 is 10.1 Å². The van der Waals surface area contributed by atoms with E-state index in [1.54, 1.807) is 0 Å². The van der Waals surface area contributed by atoms with Gasteiger partial charge in [0.1, 0.15) is 5.75 Å². The zero-order chi connectivity index (χ0) is 13.8. The maximum absolute atomic E-state index is 5.76. The molecule has 2 rings (SSSR count). The highest BCUT2D eigenvalue weighted by molar-refractivity contribution is 9.11. The third kappa shape index (κ3) is 3.96. The van der Waals surface area contributed by atoms with Crippen LogP contribution in [0.15, 0.2) is 21.1 Å². The lowest BCUT2D eigenvalue weighted by Crippen LogP contribution is -2.30. The van der Waals surface area contributed by atoms with Crippen LogP contribution in [0.3, 0.4) is 0 Å². The summed E-state index contributed by atoms with van der Waals surface area (Å²) in [5.41, 5.74) is 1.21. The molecule has 4 heteroatoms. The number of ether oxygens (including phenoxy) is 1. The Kier molecular flexibility index (Phi) is 5.72. The molecule has 1 aliphatic rings. The van der Waals surface area contributed by atoms with E-state index in [9.17, 15) is 0 Å². The van der Waals surface area contributed by atoms with E-state index in [1.165, 1.54) is 24.8 Å². The maximum Gasteiger partial charge on any atom is 0.138 e. The van der Waals surface area contributed by atoms with Crippen molar-refractivity contribution in [2.75, 3.05) is 6.61 Å². The molecule has 1 aromatic rings. The van der Waals surface area contributed by atoms with Gasteiger partial charge in [-0.2, -0.15) is 0 Å². The first-order valence-electron chi connectivity index (χ1n) is 6.96. The van der Waals surface area contributed by atoms with E-state index in [0.29, 0.717) is 12.6 Å². The summed E-state index contributed by atoms with van der Waals surface area (Å²) in [6.07, 6.45) is 3.98. The second kappa shape index (κ2) is 7.09. The van der Waals surface area contributed by atoms with Crippen LogP contribution in [0, 0.1) is 5.92 Å². The fourth-order valence-corrected chi connectivity index (χ4v) is 4.17. The van der Waals surface area contributed by atoms with Gasteiger partial charge in [-0.3, -0.25) is 0 Å². The Bertz CT molecular complexity index is 436. The topological polar surface area (TPSA) is 21.3 Å². The molecule has 0 spiro atoms. The van der Waals surface area contributed by atoms with Crippen molar-refractivity contribution in [1.82, 2.24) is 5.32 Å². The van der Waals surface area contributed by atoms with E-state index in [1.807, 2.05) is 13.0 Å². The fraction of sp³-hybridized carbons (Fsp3) is 0.600. The molecule has 0 aliphatic heterocycles. The zero-order valence-corrected chi connectivity index (χ0v) is 14.7. The fourth-order valence-electron chi connectivity index (χ4n) is 2.74. The normalized spacial score (nSPS) is 22.7. The van der Waals surface area contributed by atoms with Crippen LogP contribution in [-0.4, -0.2) is 12.6 Å². The van der Waals surface area contributed by atoms with Crippen LogP contribution in [0.4, 0.5) is 0 Å². The molecule has 0 aromatic heterocycles. The first-order chi connectivity index (χ1) is 9.11. The Labute approximate surface area is 132 Å². The van der Waals surface area contributed by atoms with Gasteiger partial charge in [0.2, 0.25) is 0 Å². The minimum absolute atomic E-state index is 0.646. The quantitative estimate of drug-likeness (QED) is 0.772. The Balaban J connectivity index is 2.09. The van der Waals surface area contributed by atoms with Gasteiger partial charge in [0, 0.05) is 22.6 Å². The molecule has 2 atom stereocenters. The molecule has 0 amide bonds. The monoisotopic (exact) mass is 389 g/mol. The average molecular weight is 391 g/mol. The van der Waals surface area contributed by atoms with E-state index in [0.717, 1.165) is 27.2 Å². The van der Waals surface area contributed by atoms with Crippen molar-refractivity contribution in [3.8, 4) is 5.75 Å². The third-order valence-corrected chi connectivity index (χ3v) is 4.84. The van der Waals surface area contributed by atoms with Gasteiger partial charge in [0.15, 0.2) is 0 Å². The molecule has 0 saturated heterocycles. The van der Waals surface area contributed by atoms with Gasteiger partial charge >= 0.3 is 0 Å². The number of hydrogen-bond acceptors (Lipinski definition) is 2. The highest BCUT2D eigenvalue weighted by Crippen LogP contribution is 2.33. The highest BCUT2D eigenvalue weighted by atomic mass is 79.9. The molecule has 1 N–H and O–H groups in total. The molecular weight excluding hydrogens is 370 g/mol. The first-order valence-corrected chi connectivity index (χ1v) is 8.54. The lowest BCUT2D eigenvalue weighted by atomic mass is 10.1. The van der Waals surface area contributed by atoms with Crippen LogP contribution in [0.25, 0.3) is 0 Å². The lowest BCUT2D eigenvalue weighted by Gasteiger charge is -2.19. The Morgan fingerprint density at radius 1 is 1.32 bits per heavy atom. The largest absolute Gasteiger partial charge is 0.492 e. The van der Waals surface area contributed by atoms with E-state index in [4.69, 9.17) is 4.74 Å². The molecule has 1 aliphatic carbocycles. The summed E-state index contributed by atoms with van der Waals surface area (Å²) < 4.78 is 7.85. The van der Waals surface area contributed by atoms with Gasteiger partial charge in [0.05, 0.1) is 11.1 Å². The molecule has 1 fully saturated rings. The third-order valence-electron chi connectivity index (χ3n) is 3.79. The summed E-state index contributed by atoms with van der Waals surface area (Å²) in [5.74, 6) is 1.75. The number of rotatable bonds is 5. The molecule has 19 heavy (non-hydrogen) atoms.